The van der Waals surface area contributed by atoms with Crippen molar-refractivity contribution in [1.82, 2.24) is 9.80 Å². The maximum absolute atomic E-state index is 13.8. The van der Waals surface area contributed by atoms with E-state index in [4.69, 9.17) is 9.47 Å². The van der Waals surface area contributed by atoms with Crippen molar-refractivity contribution >= 4 is 17.8 Å². The van der Waals surface area contributed by atoms with Gasteiger partial charge in [0.05, 0.1) is 18.1 Å². The van der Waals surface area contributed by atoms with E-state index in [1.165, 1.54) is 4.90 Å². The van der Waals surface area contributed by atoms with Crippen LogP contribution in [0.2, 0.25) is 0 Å². The second-order valence-corrected chi connectivity index (χ2v) is 8.96. The molecule has 0 radical (unpaired) electrons. The van der Waals surface area contributed by atoms with Gasteiger partial charge >= 0.3 is 5.97 Å². The topological polar surface area (TPSA) is 96.4 Å². The smallest absolute Gasteiger partial charge is 0.312 e. The number of esters is 1. The maximum atomic E-state index is 13.8. The molecule has 1 N–H and O–H groups in total. The van der Waals surface area contributed by atoms with E-state index in [0.29, 0.717) is 25.8 Å². The molecule has 3 aliphatic rings. The Hall–Kier alpha value is -1.93. The van der Waals surface area contributed by atoms with Crippen molar-refractivity contribution in [1.29, 1.82) is 0 Å². The van der Waals surface area contributed by atoms with Crippen LogP contribution < -0.4 is 0 Å². The molecule has 0 aliphatic carbocycles. The highest BCUT2D eigenvalue weighted by atomic mass is 16.6. The van der Waals surface area contributed by atoms with E-state index < -0.39 is 35.0 Å². The van der Waals surface area contributed by atoms with E-state index in [-0.39, 0.29) is 37.6 Å². The molecule has 30 heavy (non-hydrogen) atoms. The average molecular weight is 423 g/mol. The number of carbonyl (C=O) groups excluding carboxylic acids is 3. The molecule has 0 aromatic rings. The van der Waals surface area contributed by atoms with Crippen molar-refractivity contribution in [3.05, 3.63) is 12.7 Å². The van der Waals surface area contributed by atoms with Crippen molar-refractivity contribution in [3.8, 4) is 0 Å². The van der Waals surface area contributed by atoms with Crippen LogP contribution in [0.5, 0.6) is 0 Å². The Morgan fingerprint density at radius 2 is 2.13 bits per heavy atom. The summed E-state index contributed by atoms with van der Waals surface area (Å²) in [5.41, 5.74) is -1.88. The second kappa shape index (κ2) is 8.30. The van der Waals surface area contributed by atoms with Crippen molar-refractivity contribution in [2.24, 2.45) is 11.8 Å². The van der Waals surface area contributed by atoms with Crippen LogP contribution in [0.1, 0.15) is 47.0 Å². The van der Waals surface area contributed by atoms with Gasteiger partial charge < -0.3 is 24.4 Å². The minimum Gasteiger partial charge on any atom is -0.466 e. The Labute approximate surface area is 178 Å². The molecule has 3 rings (SSSR count). The van der Waals surface area contributed by atoms with Gasteiger partial charge in [0.25, 0.3) is 0 Å². The molecule has 3 saturated heterocycles. The van der Waals surface area contributed by atoms with Gasteiger partial charge in [-0.2, -0.15) is 0 Å². The number of rotatable bonds is 9. The Morgan fingerprint density at radius 3 is 2.70 bits per heavy atom. The molecule has 3 fully saturated rings. The van der Waals surface area contributed by atoms with Crippen molar-refractivity contribution < 1.29 is 29.0 Å². The highest BCUT2D eigenvalue weighted by molar-refractivity contribution is 5.98. The first-order valence-corrected chi connectivity index (χ1v) is 10.9. The molecule has 5 atom stereocenters. The predicted octanol–water partition coefficient (Wildman–Crippen LogP) is 1.12. The van der Waals surface area contributed by atoms with E-state index in [2.05, 4.69) is 6.58 Å². The Balaban J connectivity index is 2.06. The number of hydrogen-bond donors (Lipinski definition) is 1. The average Bonchev–Trinajstić information content (AvgIpc) is 3.25. The van der Waals surface area contributed by atoms with Gasteiger partial charge in [-0.05, 0) is 47.0 Å². The third-order valence-corrected chi connectivity index (χ3v) is 6.84. The maximum Gasteiger partial charge on any atom is 0.312 e. The minimum atomic E-state index is -1.05. The molecule has 8 heteroatoms. The van der Waals surface area contributed by atoms with Gasteiger partial charge in [0.2, 0.25) is 11.8 Å². The molecule has 3 aliphatic heterocycles. The number of nitrogens with zero attached hydrogens (tertiary/aromatic N) is 2. The molecule has 2 unspecified atom stereocenters. The normalized spacial score (nSPS) is 34.4. The summed E-state index contributed by atoms with van der Waals surface area (Å²) in [6.07, 6.45) is 3.13. The summed E-state index contributed by atoms with van der Waals surface area (Å²) < 4.78 is 11.8. The fraction of sp³-hybridized carbons (Fsp3) is 0.773. The Morgan fingerprint density at radius 1 is 1.43 bits per heavy atom. The lowest BCUT2D eigenvalue weighted by molar-refractivity contribution is -0.160. The first-order chi connectivity index (χ1) is 14.2. The first-order valence-electron chi connectivity index (χ1n) is 10.9. The Bertz CT molecular complexity index is 724. The number of fused-ring (bicyclic) bond motifs is 1. The molecule has 0 aromatic heterocycles. The summed E-state index contributed by atoms with van der Waals surface area (Å²) in [5.74, 6) is -2.39. The number of hydrogen-bond acceptors (Lipinski definition) is 6. The van der Waals surface area contributed by atoms with E-state index in [1.807, 2.05) is 20.8 Å². The fourth-order valence-electron chi connectivity index (χ4n) is 5.63. The van der Waals surface area contributed by atoms with E-state index in [9.17, 15) is 19.5 Å². The highest BCUT2D eigenvalue weighted by Crippen LogP contribution is 2.63. The van der Waals surface area contributed by atoms with Gasteiger partial charge in [-0.15, -0.1) is 6.58 Å². The summed E-state index contributed by atoms with van der Waals surface area (Å²) in [6, 6.07) is -0.916. The SMILES string of the molecule is C=CCN(C(=O)C1N(CCCO)C(=O)[C@@H]2[C@H](C(=O)OCC)[C@]3(C)CCC12O3)C(C)C. The molecular formula is C22H34N2O6. The lowest BCUT2D eigenvalue weighted by atomic mass is 9.66. The van der Waals surface area contributed by atoms with E-state index in [0.717, 1.165) is 0 Å². The van der Waals surface area contributed by atoms with Crippen molar-refractivity contribution in [3.63, 3.8) is 0 Å². The quantitative estimate of drug-likeness (QED) is 0.442. The summed E-state index contributed by atoms with van der Waals surface area (Å²) in [6.45, 7) is 11.9. The fourth-order valence-corrected chi connectivity index (χ4v) is 5.63. The van der Waals surface area contributed by atoms with Gasteiger partial charge in [-0.25, -0.2) is 0 Å². The van der Waals surface area contributed by atoms with Crippen LogP contribution in [-0.4, -0.2) is 82.3 Å². The molecule has 168 valence electrons. The molecule has 0 saturated carbocycles. The summed E-state index contributed by atoms with van der Waals surface area (Å²) in [4.78, 5) is 43.4. The van der Waals surface area contributed by atoms with Gasteiger partial charge in [0, 0.05) is 25.7 Å². The zero-order chi connectivity index (χ0) is 22.3. The van der Waals surface area contributed by atoms with E-state index in [1.54, 1.807) is 17.9 Å². The van der Waals surface area contributed by atoms with Gasteiger partial charge in [0.1, 0.15) is 17.6 Å². The third kappa shape index (κ3) is 3.24. The number of carbonyl (C=O) groups is 3. The highest BCUT2D eigenvalue weighted by Gasteiger charge is 2.78. The third-order valence-electron chi connectivity index (χ3n) is 6.84. The standard InChI is InChI=1S/C22H34N2O6/c1-6-11-23(14(3)4)19(27)17-22-10-9-21(5,30-22)16(20(28)29-7-2)15(22)18(26)24(17)12-8-13-25/h6,14-17,25H,1,7-13H2,2-5H3/t15-,16+,17?,21-,22?/m0/s1. The van der Waals surface area contributed by atoms with Gasteiger partial charge in [-0.1, -0.05) is 6.08 Å². The lowest BCUT2D eigenvalue weighted by Gasteiger charge is -2.38. The molecule has 1 spiro atoms. The lowest BCUT2D eigenvalue weighted by Crippen LogP contribution is -2.57. The van der Waals surface area contributed by atoms with Gasteiger partial charge in [0.15, 0.2) is 0 Å². The number of likely N-dealkylation sites (tertiary alicyclic amines) is 1. The van der Waals surface area contributed by atoms with E-state index >= 15 is 0 Å². The summed E-state index contributed by atoms with van der Waals surface area (Å²) in [7, 11) is 0. The summed E-state index contributed by atoms with van der Waals surface area (Å²) in [5, 5.41) is 9.35. The molecule has 8 nitrogen and oxygen atoms in total. The van der Waals surface area contributed by atoms with Crippen LogP contribution in [0.15, 0.2) is 12.7 Å². The number of aliphatic hydroxyl groups is 1. The number of amides is 2. The predicted molar refractivity (Wildman–Crippen MR) is 109 cm³/mol. The van der Waals surface area contributed by atoms with Crippen LogP contribution in [-0.2, 0) is 23.9 Å². The van der Waals surface area contributed by atoms with Crippen LogP contribution >= 0.6 is 0 Å². The van der Waals surface area contributed by atoms with Crippen LogP contribution in [0.25, 0.3) is 0 Å². The zero-order valence-corrected chi connectivity index (χ0v) is 18.4. The number of ether oxygens (including phenoxy) is 2. The number of aliphatic hydroxyl groups excluding tert-OH is 1. The van der Waals surface area contributed by atoms with Crippen LogP contribution in [0.4, 0.5) is 0 Å². The minimum absolute atomic E-state index is 0.0872. The monoisotopic (exact) mass is 422 g/mol. The first kappa shape index (κ1) is 22.7. The Kier molecular flexibility index (Phi) is 6.30. The molecule has 2 amide bonds. The zero-order valence-electron chi connectivity index (χ0n) is 18.4. The largest absolute Gasteiger partial charge is 0.466 e. The van der Waals surface area contributed by atoms with Crippen LogP contribution in [0, 0.1) is 11.8 Å². The molecular weight excluding hydrogens is 388 g/mol. The van der Waals surface area contributed by atoms with Gasteiger partial charge in [-0.3, -0.25) is 14.4 Å². The second-order valence-electron chi connectivity index (χ2n) is 8.96. The molecule has 0 aromatic carbocycles. The van der Waals surface area contributed by atoms with Crippen molar-refractivity contribution in [2.75, 3.05) is 26.3 Å². The van der Waals surface area contributed by atoms with Crippen molar-refractivity contribution in [2.45, 2.75) is 70.2 Å². The molecule has 2 bridgehead atoms. The molecule has 3 heterocycles. The van der Waals surface area contributed by atoms with Crippen LogP contribution in [0.3, 0.4) is 0 Å². The summed E-state index contributed by atoms with van der Waals surface area (Å²) >= 11 is 0.